The van der Waals surface area contributed by atoms with Crippen LogP contribution in [0.5, 0.6) is 5.75 Å². The molecular formula is C18H24F3N3O2. The number of amides is 1. The summed E-state index contributed by atoms with van der Waals surface area (Å²) in [6.07, 6.45) is 0.457. The summed E-state index contributed by atoms with van der Waals surface area (Å²) < 4.78 is 41.1. The Morgan fingerprint density at radius 3 is 2.69 bits per heavy atom. The number of nitrogens with two attached hydrogens (primary N) is 1. The van der Waals surface area contributed by atoms with Crippen molar-refractivity contribution in [2.24, 2.45) is 5.73 Å². The minimum atomic E-state index is -4.71. The molecular weight excluding hydrogens is 347 g/mol. The molecule has 0 bridgehead atoms. The van der Waals surface area contributed by atoms with Crippen molar-refractivity contribution in [3.63, 3.8) is 0 Å². The van der Waals surface area contributed by atoms with E-state index in [0.717, 1.165) is 25.7 Å². The van der Waals surface area contributed by atoms with Crippen LogP contribution in [-0.2, 0) is 4.79 Å². The first kappa shape index (κ1) is 18.8. The quantitative estimate of drug-likeness (QED) is 0.854. The summed E-state index contributed by atoms with van der Waals surface area (Å²) in [4.78, 5) is 14.5. The second kappa shape index (κ2) is 7.34. The zero-order valence-electron chi connectivity index (χ0n) is 14.5. The van der Waals surface area contributed by atoms with E-state index in [0.29, 0.717) is 31.6 Å². The van der Waals surface area contributed by atoms with E-state index in [4.69, 9.17) is 5.73 Å². The Balaban J connectivity index is 1.58. The van der Waals surface area contributed by atoms with Gasteiger partial charge in [-0.2, -0.15) is 0 Å². The SMILES string of the molecule is NC1(C(=O)NC2CCN(c3cccc(OC(F)(F)F)c3)C2)CCCCC1. The van der Waals surface area contributed by atoms with Gasteiger partial charge < -0.3 is 20.7 Å². The van der Waals surface area contributed by atoms with Crippen LogP contribution in [0.4, 0.5) is 18.9 Å². The molecule has 1 saturated carbocycles. The Hall–Kier alpha value is -1.96. The zero-order chi connectivity index (χ0) is 18.8. The smallest absolute Gasteiger partial charge is 0.406 e. The summed E-state index contributed by atoms with van der Waals surface area (Å²) in [7, 11) is 0. The lowest BCUT2D eigenvalue weighted by Crippen LogP contribution is -2.57. The summed E-state index contributed by atoms with van der Waals surface area (Å²) >= 11 is 0. The number of hydrogen-bond donors (Lipinski definition) is 2. The van der Waals surface area contributed by atoms with Gasteiger partial charge in [0.2, 0.25) is 5.91 Å². The number of nitrogens with one attached hydrogen (secondary N) is 1. The maximum absolute atomic E-state index is 12.5. The summed E-state index contributed by atoms with van der Waals surface area (Å²) in [6.45, 7) is 1.19. The van der Waals surface area contributed by atoms with E-state index < -0.39 is 11.9 Å². The van der Waals surface area contributed by atoms with Crippen molar-refractivity contribution < 1.29 is 22.7 Å². The van der Waals surface area contributed by atoms with E-state index in [2.05, 4.69) is 10.1 Å². The molecule has 1 atom stereocenters. The van der Waals surface area contributed by atoms with Gasteiger partial charge in [0.1, 0.15) is 5.75 Å². The Bertz CT molecular complexity index is 645. The largest absolute Gasteiger partial charge is 0.573 e. The third-order valence-electron chi connectivity index (χ3n) is 5.14. The van der Waals surface area contributed by atoms with Crippen molar-refractivity contribution in [1.82, 2.24) is 5.32 Å². The highest BCUT2D eigenvalue weighted by atomic mass is 19.4. The predicted molar refractivity (Wildman–Crippen MR) is 91.9 cm³/mol. The maximum Gasteiger partial charge on any atom is 0.573 e. The van der Waals surface area contributed by atoms with E-state index >= 15 is 0 Å². The molecule has 1 amide bonds. The number of anilines is 1. The van der Waals surface area contributed by atoms with Gasteiger partial charge in [-0.15, -0.1) is 13.2 Å². The minimum absolute atomic E-state index is 0.0583. The maximum atomic E-state index is 12.5. The molecule has 5 nitrogen and oxygen atoms in total. The van der Waals surface area contributed by atoms with Gasteiger partial charge in [0.25, 0.3) is 0 Å². The monoisotopic (exact) mass is 371 g/mol. The first-order valence-electron chi connectivity index (χ1n) is 8.96. The molecule has 1 saturated heterocycles. The molecule has 3 N–H and O–H groups in total. The van der Waals surface area contributed by atoms with Gasteiger partial charge in [-0.1, -0.05) is 25.3 Å². The first-order valence-corrected chi connectivity index (χ1v) is 8.96. The van der Waals surface area contributed by atoms with E-state index in [9.17, 15) is 18.0 Å². The Kier molecular flexibility index (Phi) is 5.32. The molecule has 1 aromatic carbocycles. The average Bonchev–Trinajstić information content (AvgIpc) is 3.03. The van der Waals surface area contributed by atoms with Crippen molar-refractivity contribution in [2.75, 3.05) is 18.0 Å². The summed E-state index contributed by atoms with van der Waals surface area (Å²) in [5, 5.41) is 3.02. The van der Waals surface area contributed by atoms with Crippen LogP contribution in [0.15, 0.2) is 24.3 Å². The number of alkyl halides is 3. The summed E-state index contributed by atoms with van der Waals surface area (Å²) in [6, 6.07) is 5.84. The number of hydrogen-bond acceptors (Lipinski definition) is 4. The lowest BCUT2D eigenvalue weighted by atomic mass is 9.82. The van der Waals surface area contributed by atoms with Gasteiger partial charge >= 0.3 is 6.36 Å². The molecule has 8 heteroatoms. The first-order chi connectivity index (χ1) is 12.3. The fourth-order valence-corrected chi connectivity index (χ4v) is 3.73. The Labute approximate surface area is 150 Å². The number of halogens is 3. The Morgan fingerprint density at radius 2 is 2.00 bits per heavy atom. The van der Waals surface area contributed by atoms with Gasteiger partial charge in [0, 0.05) is 30.9 Å². The molecule has 26 heavy (non-hydrogen) atoms. The molecule has 0 radical (unpaired) electrons. The van der Waals surface area contributed by atoms with Crippen LogP contribution in [0.25, 0.3) is 0 Å². The molecule has 0 spiro atoms. The lowest BCUT2D eigenvalue weighted by molar-refractivity contribution is -0.274. The standard InChI is InChI=1S/C18H24F3N3O2/c19-18(20,21)26-15-6-4-5-14(11-15)24-10-7-13(12-24)23-16(25)17(22)8-2-1-3-9-17/h4-6,11,13H,1-3,7-10,12,22H2,(H,23,25). The van der Waals surface area contributed by atoms with E-state index in [-0.39, 0.29) is 17.7 Å². The van der Waals surface area contributed by atoms with Crippen molar-refractivity contribution in [2.45, 2.75) is 56.5 Å². The number of nitrogens with zero attached hydrogens (tertiary/aromatic N) is 1. The molecule has 1 aliphatic heterocycles. The third-order valence-corrected chi connectivity index (χ3v) is 5.14. The third kappa shape index (κ3) is 4.60. The highest BCUT2D eigenvalue weighted by molar-refractivity contribution is 5.86. The molecule has 1 aromatic rings. The van der Waals surface area contributed by atoms with Gasteiger partial charge in [-0.05, 0) is 31.4 Å². The molecule has 2 fully saturated rings. The molecule has 1 heterocycles. The highest BCUT2D eigenvalue weighted by Crippen LogP contribution is 2.29. The molecule has 144 valence electrons. The lowest BCUT2D eigenvalue weighted by Gasteiger charge is -2.33. The van der Waals surface area contributed by atoms with E-state index in [1.807, 2.05) is 4.90 Å². The van der Waals surface area contributed by atoms with Crippen molar-refractivity contribution in [3.05, 3.63) is 24.3 Å². The normalized spacial score (nSPS) is 22.9. The van der Waals surface area contributed by atoms with Crippen LogP contribution in [0.3, 0.4) is 0 Å². The van der Waals surface area contributed by atoms with Gasteiger partial charge in [0.15, 0.2) is 0 Å². The summed E-state index contributed by atoms with van der Waals surface area (Å²) in [5.41, 5.74) is 6.11. The number of carbonyl (C=O) groups excluding carboxylic acids is 1. The predicted octanol–water partition coefficient (Wildman–Crippen LogP) is 2.94. The minimum Gasteiger partial charge on any atom is -0.406 e. The summed E-state index contributed by atoms with van der Waals surface area (Å²) in [5.74, 6) is -0.358. The molecule has 1 aliphatic carbocycles. The van der Waals surface area contributed by atoms with Crippen LogP contribution in [-0.4, -0.2) is 36.9 Å². The van der Waals surface area contributed by atoms with Crippen LogP contribution < -0.4 is 20.7 Å². The van der Waals surface area contributed by atoms with Crippen LogP contribution >= 0.6 is 0 Å². The number of benzene rings is 1. The molecule has 2 aliphatic rings. The van der Waals surface area contributed by atoms with Crippen molar-refractivity contribution in [1.29, 1.82) is 0 Å². The number of carbonyl (C=O) groups is 1. The molecule has 3 rings (SSSR count). The van der Waals surface area contributed by atoms with Crippen LogP contribution in [0.1, 0.15) is 38.5 Å². The molecule has 0 aromatic heterocycles. The van der Waals surface area contributed by atoms with Gasteiger partial charge in [-0.25, -0.2) is 0 Å². The van der Waals surface area contributed by atoms with E-state index in [1.165, 1.54) is 18.2 Å². The number of rotatable bonds is 4. The van der Waals surface area contributed by atoms with Crippen LogP contribution in [0.2, 0.25) is 0 Å². The second-order valence-corrected chi connectivity index (χ2v) is 7.17. The fraction of sp³-hybridized carbons (Fsp3) is 0.611. The van der Waals surface area contributed by atoms with Gasteiger partial charge in [0.05, 0.1) is 5.54 Å². The van der Waals surface area contributed by atoms with E-state index in [1.54, 1.807) is 6.07 Å². The Morgan fingerprint density at radius 1 is 1.27 bits per heavy atom. The topological polar surface area (TPSA) is 67.6 Å². The highest BCUT2D eigenvalue weighted by Gasteiger charge is 2.37. The van der Waals surface area contributed by atoms with Crippen LogP contribution in [0, 0.1) is 0 Å². The number of ether oxygens (including phenoxy) is 1. The van der Waals surface area contributed by atoms with Gasteiger partial charge in [-0.3, -0.25) is 4.79 Å². The average molecular weight is 371 g/mol. The van der Waals surface area contributed by atoms with Crippen molar-refractivity contribution >= 4 is 11.6 Å². The fourth-order valence-electron chi connectivity index (χ4n) is 3.73. The zero-order valence-corrected chi connectivity index (χ0v) is 14.5. The van der Waals surface area contributed by atoms with Crippen molar-refractivity contribution in [3.8, 4) is 5.75 Å². The molecule has 1 unspecified atom stereocenters. The second-order valence-electron chi connectivity index (χ2n) is 7.17.